The third-order valence-corrected chi connectivity index (χ3v) is 9.07. The molecule has 0 unspecified atom stereocenters. The predicted molar refractivity (Wildman–Crippen MR) is 152 cm³/mol. The summed E-state index contributed by atoms with van der Waals surface area (Å²) in [6.45, 7) is 7.18. The van der Waals surface area contributed by atoms with Crippen LogP contribution in [0.2, 0.25) is 5.02 Å². The van der Waals surface area contributed by atoms with E-state index in [9.17, 15) is 13.2 Å². The topological polar surface area (TPSA) is 85.8 Å². The molecule has 9 heteroatoms. The number of pyridine rings is 1. The van der Waals surface area contributed by atoms with Gasteiger partial charge in [0, 0.05) is 24.7 Å². The summed E-state index contributed by atoms with van der Waals surface area (Å²) < 4.78 is 38.7. The summed E-state index contributed by atoms with van der Waals surface area (Å²) in [5.41, 5.74) is 4.40. The van der Waals surface area contributed by atoms with Gasteiger partial charge in [0.1, 0.15) is 5.75 Å². The number of para-hydroxylation sites is 1. The van der Waals surface area contributed by atoms with E-state index in [1.807, 2.05) is 42.6 Å². The highest BCUT2D eigenvalue weighted by atomic mass is 35.5. The van der Waals surface area contributed by atoms with Crippen molar-refractivity contribution >= 4 is 38.5 Å². The van der Waals surface area contributed by atoms with Crippen molar-refractivity contribution in [1.29, 1.82) is 0 Å². The molecule has 0 saturated carbocycles. The molecule has 0 radical (unpaired) electrons. The Bertz CT molecular complexity index is 1660. The first-order chi connectivity index (χ1) is 18.7. The number of rotatable bonds is 6. The van der Waals surface area contributed by atoms with E-state index in [1.54, 1.807) is 19.1 Å². The molecule has 4 aromatic rings. The van der Waals surface area contributed by atoms with E-state index in [0.717, 1.165) is 22.1 Å². The quantitative estimate of drug-likeness (QED) is 0.204. The number of halogens is 1. The summed E-state index contributed by atoms with van der Waals surface area (Å²) in [6, 6.07) is 17.5. The Morgan fingerprint density at radius 3 is 2.54 bits per heavy atom. The Morgan fingerprint density at radius 1 is 1.05 bits per heavy atom. The molecule has 3 aromatic carbocycles. The van der Waals surface area contributed by atoms with Crippen LogP contribution in [0.25, 0.3) is 22.0 Å². The molecule has 2 heterocycles. The van der Waals surface area contributed by atoms with Crippen molar-refractivity contribution in [3.63, 3.8) is 0 Å². The lowest BCUT2D eigenvalue weighted by atomic mass is 9.91. The maximum atomic E-state index is 13.3. The zero-order chi connectivity index (χ0) is 27.7. The number of ether oxygens (including phenoxy) is 2. The van der Waals surface area contributed by atoms with Crippen molar-refractivity contribution in [1.82, 2.24) is 9.29 Å². The number of hydrogen-bond acceptors (Lipinski definition) is 6. The highest BCUT2D eigenvalue weighted by Crippen LogP contribution is 2.38. The molecule has 1 aromatic heterocycles. The van der Waals surface area contributed by atoms with Gasteiger partial charge in [0.25, 0.3) is 0 Å². The predicted octanol–water partition coefficient (Wildman–Crippen LogP) is 6.23. The van der Waals surface area contributed by atoms with E-state index in [0.29, 0.717) is 35.1 Å². The van der Waals surface area contributed by atoms with Gasteiger partial charge in [0.15, 0.2) is 0 Å². The maximum absolute atomic E-state index is 13.3. The van der Waals surface area contributed by atoms with E-state index in [2.05, 4.69) is 18.8 Å². The molecule has 0 N–H and O–H groups in total. The number of aromatic nitrogens is 1. The minimum atomic E-state index is -3.76. The lowest BCUT2D eigenvalue weighted by molar-refractivity contribution is 0.0727. The van der Waals surface area contributed by atoms with E-state index in [-0.39, 0.29) is 29.5 Å². The van der Waals surface area contributed by atoms with Crippen molar-refractivity contribution in [2.75, 3.05) is 26.3 Å². The summed E-state index contributed by atoms with van der Waals surface area (Å²) >= 11 is 6.44. The SMILES string of the molecule is Cc1ccc(S(=O)(=O)N2CCOCC2)cc1C(=O)Oc1cccc(-c2c(C(C)C)cnc3c(Cl)cccc23)c1. The van der Waals surface area contributed by atoms with Crippen LogP contribution in [0.5, 0.6) is 5.75 Å². The first-order valence-corrected chi connectivity index (χ1v) is 14.6. The van der Waals surface area contributed by atoms with Gasteiger partial charge in [-0.05, 0) is 65.4 Å². The number of hydrogen-bond donors (Lipinski definition) is 0. The molecule has 1 saturated heterocycles. The monoisotopic (exact) mass is 564 g/mol. The van der Waals surface area contributed by atoms with Crippen LogP contribution < -0.4 is 4.74 Å². The number of benzene rings is 3. The van der Waals surface area contributed by atoms with Crippen molar-refractivity contribution in [3.8, 4) is 16.9 Å². The van der Waals surface area contributed by atoms with Crippen LogP contribution in [-0.4, -0.2) is 50.0 Å². The summed E-state index contributed by atoms with van der Waals surface area (Å²) in [4.78, 5) is 17.9. The van der Waals surface area contributed by atoms with Gasteiger partial charge in [-0.2, -0.15) is 4.31 Å². The van der Waals surface area contributed by atoms with Crippen LogP contribution in [0.15, 0.2) is 71.8 Å². The normalized spacial score (nSPS) is 14.6. The van der Waals surface area contributed by atoms with E-state index in [1.165, 1.54) is 16.4 Å². The second-order valence-electron chi connectivity index (χ2n) is 9.79. The first-order valence-electron chi connectivity index (χ1n) is 12.7. The standard InChI is InChI=1S/C30H29ClN2O5S/c1-19(2)26-18-32-29-24(8-5-9-27(29)31)28(26)21-6-4-7-22(16-21)38-30(34)25-17-23(11-10-20(25)3)39(35,36)33-12-14-37-15-13-33/h4-11,16-19H,12-15H2,1-3H3. The zero-order valence-corrected chi connectivity index (χ0v) is 23.6. The van der Waals surface area contributed by atoms with Crippen LogP contribution in [-0.2, 0) is 14.8 Å². The number of carbonyl (C=O) groups is 1. The van der Waals surface area contributed by atoms with Crippen LogP contribution in [0.4, 0.5) is 0 Å². The lowest BCUT2D eigenvalue weighted by Crippen LogP contribution is -2.40. The van der Waals surface area contributed by atoms with E-state index >= 15 is 0 Å². The molecule has 0 amide bonds. The molecule has 1 aliphatic heterocycles. The summed E-state index contributed by atoms with van der Waals surface area (Å²) in [6.07, 6.45) is 1.84. The summed E-state index contributed by atoms with van der Waals surface area (Å²) in [7, 11) is -3.76. The Balaban J connectivity index is 1.49. The molecular formula is C30H29ClN2O5S. The average molecular weight is 565 g/mol. The third kappa shape index (κ3) is 5.43. The molecule has 0 atom stereocenters. The number of sulfonamides is 1. The van der Waals surface area contributed by atoms with E-state index in [4.69, 9.17) is 21.1 Å². The Hall–Kier alpha value is -3.30. The Labute approximate surface area is 233 Å². The number of nitrogens with zero attached hydrogens (tertiary/aromatic N) is 2. The number of fused-ring (bicyclic) bond motifs is 1. The minimum Gasteiger partial charge on any atom is -0.423 e. The summed E-state index contributed by atoms with van der Waals surface area (Å²) in [5.74, 6) is -0.0867. The van der Waals surface area contributed by atoms with Gasteiger partial charge in [-0.3, -0.25) is 4.98 Å². The van der Waals surface area contributed by atoms with Crippen LogP contribution in [0.1, 0.15) is 41.3 Å². The second-order valence-corrected chi connectivity index (χ2v) is 12.1. The van der Waals surface area contributed by atoms with Crippen LogP contribution in [0, 0.1) is 6.92 Å². The zero-order valence-electron chi connectivity index (χ0n) is 22.0. The molecule has 1 fully saturated rings. The average Bonchev–Trinajstić information content (AvgIpc) is 2.93. The second kappa shape index (κ2) is 11.1. The van der Waals surface area contributed by atoms with Crippen molar-refractivity contribution in [2.24, 2.45) is 0 Å². The molecule has 1 aliphatic rings. The Kier molecular flexibility index (Phi) is 7.73. The molecule has 0 aliphatic carbocycles. The highest BCUT2D eigenvalue weighted by Gasteiger charge is 2.28. The van der Waals surface area contributed by atoms with Gasteiger partial charge in [-0.25, -0.2) is 13.2 Å². The van der Waals surface area contributed by atoms with Gasteiger partial charge in [0.05, 0.1) is 34.2 Å². The molecule has 39 heavy (non-hydrogen) atoms. The lowest BCUT2D eigenvalue weighted by Gasteiger charge is -2.26. The molecule has 7 nitrogen and oxygen atoms in total. The van der Waals surface area contributed by atoms with Crippen LogP contribution in [0.3, 0.4) is 0 Å². The maximum Gasteiger partial charge on any atom is 0.343 e. The van der Waals surface area contributed by atoms with E-state index < -0.39 is 16.0 Å². The van der Waals surface area contributed by atoms with Gasteiger partial charge in [-0.1, -0.05) is 55.8 Å². The molecule has 5 rings (SSSR count). The third-order valence-electron chi connectivity index (χ3n) is 6.87. The van der Waals surface area contributed by atoms with Gasteiger partial charge >= 0.3 is 5.97 Å². The summed E-state index contributed by atoms with van der Waals surface area (Å²) in [5, 5.41) is 1.48. The fourth-order valence-corrected chi connectivity index (χ4v) is 6.42. The van der Waals surface area contributed by atoms with Gasteiger partial charge in [0.2, 0.25) is 10.0 Å². The Morgan fingerprint density at radius 2 is 1.79 bits per heavy atom. The van der Waals surface area contributed by atoms with Crippen LogP contribution >= 0.6 is 11.6 Å². The van der Waals surface area contributed by atoms with Gasteiger partial charge < -0.3 is 9.47 Å². The van der Waals surface area contributed by atoms with Crippen molar-refractivity contribution in [2.45, 2.75) is 31.6 Å². The fraction of sp³-hybridized carbons (Fsp3) is 0.267. The largest absolute Gasteiger partial charge is 0.423 e. The number of aryl methyl sites for hydroxylation is 1. The number of esters is 1. The fourth-order valence-electron chi connectivity index (χ4n) is 4.76. The molecule has 202 valence electrons. The highest BCUT2D eigenvalue weighted by molar-refractivity contribution is 7.89. The smallest absolute Gasteiger partial charge is 0.343 e. The molecule has 0 spiro atoms. The minimum absolute atomic E-state index is 0.0532. The molecular weight excluding hydrogens is 536 g/mol. The number of carbonyl (C=O) groups excluding carboxylic acids is 1. The van der Waals surface area contributed by atoms with Crippen molar-refractivity contribution < 1.29 is 22.7 Å². The number of morpholine rings is 1. The van der Waals surface area contributed by atoms with Crippen molar-refractivity contribution in [3.05, 3.63) is 88.6 Å². The van der Waals surface area contributed by atoms with Gasteiger partial charge in [-0.15, -0.1) is 0 Å². The first kappa shape index (κ1) is 27.3. The molecule has 0 bridgehead atoms.